The molecular formula is C14H18N3O4P. The molecule has 0 saturated carbocycles. The van der Waals surface area contributed by atoms with Crippen LogP contribution in [0, 0.1) is 0 Å². The van der Waals surface area contributed by atoms with Crippen molar-refractivity contribution in [1.29, 1.82) is 0 Å². The summed E-state index contributed by atoms with van der Waals surface area (Å²) in [6.45, 7) is 3.55. The molecule has 1 unspecified atom stereocenters. The molecule has 2 amide bonds. The van der Waals surface area contributed by atoms with E-state index in [1.807, 2.05) is 6.07 Å². The van der Waals surface area contributed by atoms with Gasteiger partial charge >= 0.3 is 12.0 Å². The number of carbonyl (C=O) groups excluding carboxylic acids is 2. The third-order valence-corrected chi connectivity index (χ3v) is 6.65. The number of rotatable bonds is 4. The number of ether oxygens (including phenoxy) is 1. The van der Waals surface area contributed by atoms with Gasteiger partial charge in [-0.3, -0.25) is 0 Å². The number of benzene rings is 1. The van der Waals surface area contributed by atoms with E-state index >= 15 is 0 Å². The van der Waals surface area contributed by atoms with E-state index in [-0.39, 0.29) is 11.9 Å². The zero-order valence-corrected chi connectivity index (χ0v) is 13.5. The molecular weight excluding hydrogens is 305 g/mol. The number of hydrogen-bond donors (Lipinski definition) is 1. The molecule has 1 aromatic rings. The maximum absolute atomic E-state index is 12.4. The van der Waals surface area contributed by atoms with Crippen LogP contribution in [0.15, 0.2) is 35.4 Å². The largest absolute Gasteiger partial charge is 0.462 e. The molecule has 0 spiro atoms. The number of amides is 2. The van der Waals surface area contributed by atoms with E-state index in [1.54, 1.807) is 38.1 Å². The summed E-state index contributed by atoms with van der Waals surface area (Å²) in [6, 6.07) is 8.20. The van der Waals surface area contributed by atoms with Gasteiger partial charge in [-0.25, -0.2) is 9.59 Å². The predicted octanol–water partition coefficient (Wildman–Crippen LogP) is 1.31. The summed E-state index contributed by atoms with van der Waals surface area (Å²) >= 11 is 0. The number of urea groups is 1. The predicted molar refractivity (Wildman–Crippen MR) is 86.2 cm³/mol. The van der Waals surface area contributed by atoms with Gasteiger partial charge in [-0.05, 0) is 13.8 Å². The van der Waals surface area contributed by atoms with Crippen LogP contribution in [0.1, 0.15) is 13.8 Å². The highest BCUT2D eigenvalue weighted by molar-refractivity contribution is 7.81. The Bertz CT molecular complexity index is 685. The lowest BCUT2D eigenvalue weighted by molar-refractivity contribution is -0.134. The van der Waals surface area contributed by atoms with Crippen molar-refractivity contribution < 1.29 is 18.8 Å². The topological polar surface area (TPSA) is 94.2 Å². The van der Waals surface area contributed by atoms with Crippen LogP contribution >= 0.6 is 7.26 Å². The van der Waals surface area contributed by atoms with Crippen LogP contribution in [0.25, 0.3) is 0 Å². The zero-order chi connectivity index (χ0) is 16.3. The smallest absolute Gasteiger partial charge is 0.344 e. The van der Waals surface area contributed by atoms with Gasteiger partial charge in [0, 0.05) is 12.4 Å². The summed E-state index contributed by atoms with van der Waals surface area (Å²) < 4.78 is 11.9. The summed E-state index contributed by atoms with van der Waals surface area (Å²) in [5, 5.41) is 5.05. The second kappa shape index (κ2) is 6.34. The number of nitrogens with two attached hydrogens (primary N) is 1. The zero-order valence-electron chi connectivity index (χ0n) is 12.6. The average Bonchev–Trinajstić information content (AvgIpc) is 2.82. The van der Waals surface area contributed by atoms with E-state index in [4.69, 9.17) is 15.0 Å². The molecule has 0 fully saturated rings. The lowest BCUT2D eigenvalue weighted by Crippen LogP contribution is -2.34. The first-order valence-corrected chi connectivity index (χ1v) is 8.35. The first kappa shape index (κ1) is 16.3. The summed E-state index contributed by atoms with van der Waals surface area (Å²) in [6.07, 6.45) is 0. The molecule has 1 aliphatic rings. The van der Waals surface area contributed by atoms with Gasteiger partial charge in [0.15, 0.2) is 7.26 Å². The van der Waals surface area contributed by atoms with Crippen LogP contribution in [-0.2, 0) is 14.1 Å². The van der Waals surface area contributed by atoms with Crippen LogP contribution in [0.5, 0.6) is 0 Å². The molecule has 0 radical (unpaired) electrons. The molecule has 2 N–H and O–H groups in total. The second-order valence-electron chi connectivity index (χ2n) is 4.48. The summed E-state index contributed by atoms with van der Waals surface area (Å²) in [4.78, 5) is 24.2. The number of esters is 1. The molecule has 1 aliphatic heterocycles. The van der Waals surface area contributed by atoms with E-state index in [2.05, 4.69) is 5.10 Å². The lowest BCUT2D eigenvalue weighted by atomic mass is 10.3. The van der Waals surface area contributed by atoms with E-state index in [9.17, 15) is 9.59 Å². The Balaban J connectivity index is 2.81. The van der Waals surface area contributed by atoms with Gasteiger partial charge in [0.2, 0.25) is 0 Å². The van der Waals surface area contributed by atoms with E-state index < -0.39 is 19.3 Å². The van der Waals surface area contributed by atoms with Crippen molar-refractivity contribution in [2.75, 3.05) is 13.7 Å². The van der Waals surface area contributed by atoms with Gasteiger partial charge in [0.25, 0.3) is 0 Å². The third-order valence-electron chi connectivity index (χ3n) is 3.19. The molecule has 1 atom stereocenters. The molecule has 0 aromatic heterocycles. The van der Waals surface area contributed by atoms with E-state index in [0.29, 0.717) is 11.0 Å². The second-order valence-corrected chi connectivity index (χ2v) is 7.34. The standard InChI is InChI=1S/C14H18N3O4P/c1-4-21-13(18)12-10(2)16-17(14(15)19)22(12,20-3)11-8-6-5-7-9-11/h5-9H,4H2,1-3H3,(H2,15,19). The fraction of sp³-hybridized carbons (Fsp3) is 0.286. The summed E-state index contributed by atoms with van der Waals surface area (Å²) in [7, 11) is -1.57. The van der Waals surface area contributed by atoms with E-state index in [1.165, 1.54) is 7.11 Å². The fourth-order valence-corrected chi connectivity index (χ4v) is 5.49. The number of primary amides is 1. The number of hydrazone groups is 1. The normalized spacial score (nSPS) is 20.8. The first-order chi connectivity index (χ1) is 10.5. The SMILES string of the molecule is CCOC(=O)C1=P(OC)(c2ccccc2)N(C(N)=O)N=C1C. The Hall–Kier alpha value is -2.11. The first-order valence-electron chi connectivity index (χ1n) is 6.69. The maximum Gasteiger partial charge on any atom is 0.344 e. The van der Waals surface area contributed by atoms with Crippen molar-refractivity contribution in [3.8, 4) is 0 Å². The molecule has 7 nitrogen and oxygen atoms in total. The van der Waals surface area contributed by atoms with Gasteiger partial charge in [-0.2, -0.15) is 9.88 Å². The Morgan fingerprint density at radius 2 is 1.95 bits per heavy atom. The molecule has 8 heteroatoms. The van der Waals surface area contributed by atoms with Gasteiger partial charge in [-0.15, -0.1) is 0 Å². The van der Waals surface area contributed by atoms with Crippen molar-refractivity contribution >= 4 is 35.6 Å². The molecule has 0 saturated heterocycles. The molecule has 0 aliphatic carbocycles. The molecule has 1 aromatic carbocycles. The Labute approximate surface area is 128 Å². The maximum atomic E-state index is 12.4. The molecule has 22 heavy (non-hydrogen) atoms. The third kappa shape index (κ3) is 2.42. The van der Waals surface area contributed by atoms with Crippen molar-refractivity contribution in [2.45, 2.75) is 13.8 Å². The van der Waals surface area contributed by atoms with Crippen LogP contribution < -0.4 is 11.0 Å². The van der Waals surface area contributed by atoms with Crippen molar-refractivity contribution in [2.24, 2.45) is 10.8 Å². The molecule has 118 valence electrons. The van der Waals surface area contributed by atoms with E-state index in [0.717, 1.165) is 4.78 Å². The van der Waals surface area contributed by atoms with Crippen LogP contribution in [0.2, 0.25) is 0 Å². The Kier molecular flexibility index (Phi) is 4.68. The van der Waals surface area contributed by atoms with Gasteiger partial charge in [0.05, 0.1) is 12.3 Å². The molecule has 2 rings (SSSR count). The van der Waals surface area contributed by atoms with Crippen molar-refractivity contribution in [3.63, 3.8) is 0 Å². The highest BCUT2D eigenvalue weighted by Gasteiger charge is 2.44. The lowest BCUT2D eigenvalue weighted by Gasteiger charge is -2.29. The Morgan fingerprint density at radius 3 is 2.45 bits per heavy atom. The minimum atomic E-state index is -3.00. The minimum Gasteiger partial charge on any atom is -0.462 e. The van der Waals surface area contributed by atoms with Crippen molar-refractivity contribution in [3.05, 3.63) is 30.3 Å². The highest BCUT2D eigenvalue weighted by Crippen LogP contribution is 2.55. The van der Waals surface area contributed by atoms with Crippen LogP contribution in [-0.4, -0.2) is 41.5 Å². The molecule has 1 heterocycles. The Morgan fingerprint density at radius 1 is 1.32 bits per heavy atom. The number of hydrogen-bond acceptors (Lipinski definition) is 5. The highest BCUT2D eigenvalue weighted by atomic mass is 31.2. The summed E-state index contributed by atoms with van der Waals surface area (Å²) in [5.74, 6) is -0.550. The van der Waals surface area contributed by atoms with Gasteiger partial charge < -0.3 is 15.0 Å². The minimum absolute atomic E-state index is 0.213. The monoisotopic (exact) mass is 323 g/mol. The van der Waals surface area contributed by atoms with Crippen molar-refractivity contribution in [1.82, 2.24) is 4.78 Å². The quantitative estimate of drug-likeness (QED) is 0.668. The number of nitrogens with zero attached hydrogens (tertiary/aromatic N) is 2. The summed E-state index contributed by atoms with van der Waals surface area (Å²) in [5.41, 5.74) is 5.82. The fourth-order valence-electron chi connectivity index (χ4n) is 2.37. The molecule has 0 bridgehead atoms. The van der Waals surface area contributed by atoms with Gasteiger partial charge in [0.1, 0.15) is 5.29 Å². The van der Waals surface area contributed by atoms with Gasteiger partial charge in [-0.1, -0.05) is 30.3 Å². The average molecular weight is 323 g/mol. The number of carbonyl (C=O) groups is 2. The van der Waals surface area contributed by atoms with Crippen LogP contribution in [0.3, 0.4) is 0 Å². The van der Waals surface area contributed by atoms with Crippen LogP contribution in [0.4, 0.5) is 4.79 Å².